The number of hydrogen-bond acceptors (Lipinski definition) is 7. The van der Waals surface area contributed by atoms with Crippen molar-refractivity contribution < 1.29 is 9.53 Å². The average molecular weight is 509 g/mol. The molecule has 0 radical (unpaired) electrons. The van der Waals surface area contributed by atoms with Gasteiger partial charge in [-0.2, -0.15) is 0 Å². The quantitative estimate of drug-likeness (QED) is 0.522. The third-order valence-corrected chi connectivity index (χ3v) is 7.06. The molecule has 0 saturated carbocycles. The van der Waals surface area contributed by atoms with Crippen molar-refractivity contribution in [1.82, 2.24) is 19.4 Å². The van der Waals surface area contributed by atoms with Crippen LogP contribution in [0, 0.1) is 5.92 Å². The van der Waals surface area contributed by atoms with Crippen LogP contribution in [0.25, 0.3) is 5.69 Å². The van der Waals surface area contributed by atoms with Gasteiger partial charge in [-0.15, -0.1) is 0 Å². The van der Waals surface area contributed by atoms with Gasteiger partial charge < -0.3 is 20.3 Å². The Kier molecular flexibility index (Phi) is 7.20. The van der Waals surface area contributed by atoms with Crippen LogP contribution in [0.5, 0.6) is 5.75 Å². The van der Waals surface area contributed by atoms with E-state index in [-0.39, 0.29) is 24.0 Å². The molecule has 10 heteroatoms. The molecule has 5 heterocycles. The molecule has 5 rings (SSSR count). The Morgan fingerprint density at radius 1 is 1.11 bits per heavy atom. The van der Waals surface area contributed by atoms with Crippen molar-refractivity contribution in [3.63, 3.8) is 0 Å². The fourth-order valence-corrected chi connectivity index (χ4v) is 4.87. The Balaban J connectivity index is 1.20. The summed E-state index contributed by atoms with van der Waals surface area (Å²) < 4.78 is 7.21. The van der Waals surface area contributed by atoms with E-state index in [4.69, 9.17) is 22.1 Å². The molecular formula is C26H29ClN6O3. The first-order valence-electron chi connectivity index (χ1n) is 12.2. The van der Waals surface area contributed by atoms with E-state index in [1.807, 2.05) is 17.0 Å². The summed E-state index contributed by atoms with van der Waals surface area (Å²) >= 11 is 5.85. The summed E-state index contributed by atoms with van der Waals surface area (Å²) in [4.78, 5) is 38.2. The Bertz CT molecular complexity index is 1260. The maximum atomic E-state index is 12.7. The van der Waals surface area contributed by atoms with E-state index in [2.05, 4.69) is 14.9 Å². The SMILES string of the molecule is NC(C(=O)N1CCCC1)C1CCN(c2ccc(-n3ccc(OCc4ccc(Cl)cn4)cc3=O)cn2)C1. The topological polar surface area (TPSA) is 107 Å². The molecule has 36 heavy (non-hydrogen) atoms. The molecule has 3 aromatic rings. The number of aromatic nitrogens is 3. The zero-order valence-electron chi connectivity index (χ0n) is 19.9. The van der Waals surface area contributed by atoms with E-state index < -0.39 is 6.04 Å². The summed E-state index contributed by atoms with van der Waals surface area (Å²) in [5.41, 5.74) is 7.49. The molecule has 2 unspecified atom stereocenters. The highest BCUT2D eigenvalue weighted by molar-refractivity contribution is 6.30. The van der Waals surface area contributed by atoms with Crippen LogP contribution >= 0.6 is 11.6 Å². The standard InChI is InChI=1S/C26H29ClN6O3/c27-19-3-4-20(29-14-19)17-36-22-8-12-33(24(34)13-22)21-5-6-23(30-15-21)32-11-7-18(16-32)25(28)26(35)31-9-1-2-10-31/h3-6,8,12-15,18,25H,1-2,7,9-11,16-17,28H2. The van der Waals surface area contributed by atoms with Crippen molar-refractivity contribution in [2.24, 2.45) is 11.7 Å². The maximum Gasteiger partial charge on any atom is 0.258 e. The Hall–Kier alpha value is -3.43. The molecule has 2 atom stereocenters. The van der Waals surface area contributed by atoms with Gasteiger partial charge in [0.05, 0.1) is 28.6 Å². The summed E-state index contributed by atoms with van der Waals surface area (Å²) in [5, 5.41) is 0.557. The van der Waals surface area contributed by atoms with Gasteiger partial charge in [-0.3, -0.25) is 19.1 Å². The van der Waals surface area contributed by atoms with Gasteiger partial charge in [0.25, 0.3) is 5.56 Å². The first-order valence-corrected chi connectivity index (χ1v) is 12.6. The van der Waals surface area contributed by atoms with Gasteiger partial charge in [0.15, 0.2) is 0 Å². The Labute approximate surface area is 214 Å². The molecule has 2 saturated heterocycles. The van der Waals surface area contributed by atoms with Gasteiger partial charge in [0.1, 0.15) is 18.2 Å². The van der Waals surface area contributed by atoms with Crippen molar-refractivity contribution in [3.05, 3.63) is 76.1 Å². The number of amides is 1. The molecule has 0 bridgehead atoms. The maximum absolute atomic E-state index is 12.7. The minimum Gasteiger partial charge on any atom is -0.487 e. The molecule has 3 aromatic heterocycles. The second-order valence-corrected chi connectivity index (χ2v) is 9.69. The van der Waals surface area contributed by atoms with Crippen LogP contribution in [0.1, 0.15) is 25.0 Å². The fraction of sp³-hybridized carbons (Fsp3) is 0.385. The van der Waals surface area contributed by atoms with E-state index in [9.17, 15) is 9.59 Å². The number of carbonyl (C=O) groups is 1. The monoisotopic (exact) mass is 508 g/mol. The number of ether oxygens (including phenoxy) is 1. The van der Waals surface area contributed by atoms with Crippen molar-refractivity contribution in [2.45, 2.75) is 31.9 Å². The van der Waals surface area contributed by atoms with Crippen LogP contribution in [0.15, 0.2) is 59.8 Å². The van der Waals surface area contributed by atoms with Gasteiger partial charge in [0.2, 0.25) is 5.91 Å². The highest BCUT2D eigenvalue weighted by Gasteiger charge is 2.34. The van der Waals surface area contributed by atoms with Gasteiger partial charge in [-0.25, -0.2) is 4.98 Å². The normalized spacial score (nSPS) is 18.4. The molecule has 2 N–H and O–H groups in total. The summed E-state index contributed by atoms with van der Waals surface area (Å²) in [6, 6.07) is 9.98. The summed E-state index contributed by atoms with van der Waals surface area (Å²) in [6.45, 7) is 3.37. The number of carbonyl (C=O) groups excluding carboxylic acids is 1. The van der Waals surface area contributed by atoms with Crippen molar-refractivity contribution >= 4 is 23.3 Å². The van der Waals surface area contributed by atoms with E-state index in [0.717, 1.165) is 44.7 Å². The van der Waals surface area contributed by atoms with Crippen LogP contribution in [-0.2, 0) is 11.4 Å². The van der Waals surface area contributed by atoms with Crippen molar-refractivity contribution in [3.8, 4) is 11.4 Å². The molecule has 1 amide bonds. The molecule has 0 aliphatic carbocycles. The van der Waals surface area contributed by atoms with Crippen LogP contribution < -0.4 is 20.9 Å². The summed E-state index contributed by atoms with van der Waals surface area (Å²) in [7, 11) is 0. The van der Waals surface area contributed by atoms with Crippen LogP contribution in [0.4, 0.5) is 5.82 Å². The van der Waals surface area contributed by atoms with Crippen molar-refractivity contribution in [1.29, 1.82) is 0 Å². The molecule has 0 spiro atoms. The second-order valence-electron chi connectivity index (χ2n) is 9.25. The summed E-state index contributed by atoms with van der Waals surface area (Å²) in [6.07, 6.45) is 7.88. The number of anilines is 1. The van der Waals surface area contributed by atoms with Crippen molar-refractivity contribution in [2.75, 3.05) is 31.1 Å². The number of likely N-dealkylation sites (tertiary alicyclic amines) is 1. The number of halogens is 1. The third kappa shape index (κ3) is 5.37. The number of nitrogens with zero attached hydrogens (tertiary/aromatic N) is 5. The fourth-order valence-electron chi connectivity index (χ4n) is 4.76. The smallest absolute Gasteiger partial charge is 0.258 e. The van der Waals surface area contributed by atoms with Gasteiger partial charge in [-0.05, 0) is 49.6 Å². The largest absolute Gasteiger partial charge is 0.487 e. The predicted octanol–water partition coefficient (Wildman–Crippen LogP) is 2.64. The lowest BCUT2D eigenvalue weighted by Gasteiger charge is -2.25. The van der Waals surface area contributed by atoms with Gasteiger partial charge in [0, 0.05) is 50.6 Å². The number of hydrogen-bond donors (Lipinski definition) is 1. The van der Waals surface area contributed by atoms with E-state index in [1.54, 1.807) is 36.8 Å². The predicted molar refractivity (Wildman–Crippen MR) is 138 cm³/mol. The highest BCUT2D eigenvalue weighted by Crippen LogP contribution is 2.26. The second kappa shape index (κ2) is 10.7. The molecule has 2 fully saturated rings. The average Bonchev–Trinajstić information content (AvgIpc) is 3.61. The van der Waals surface area contributed by atoms with Crippen LogP contribution in [0.3, 0.4) is 0 Å². The molecule has 0 aromatic carbocycles. The number of nitrogens with two attached hydrogens (primary N) is 1. The van der Waals surface area contributed by atoms with Gasteiger partial charge >= 0.3 is 0 Å². The lowest BCUT2D eigenvalue weighted by atomic mass is 9.98. The Morgan fingerprint density at radius 2 is 1.94 bits per heavy atom. The summed E-state index contributed by atoms with van der Waals surface area (Å²) in [5.74, 6) is 1.45. The lowest BCUT2D eigenvalue weighted by Crippen LogP contribution is -2.47. The zero-order valence-corrected chi connectivity index (χ0v) is 20.7. The highest BCUT2D eigenvalue weighted by atomic mass is 35.5. The molecular weight excluding hydrogens is 480 g/mol. The number of rotatable bonds is 7. The van der Waals surface area contributed by atoms with E-state index >= 15 is 0 Å². The van der Waals surface area contributed by atoms with Crippen LogP contribution in [-0.4, -0.2) is 57.6 Å². The molecule has 2 aliphatic rings. The minimum absolute atomic E-state index is 0.0684. The van der Waals surface area contributed by atoms with E-state index in [1.165, 1.54) is 10.6 Å². The third-order valence-electron chi connectivity index (χ3n) is 6.84. The zero-order chi connectivity index (χ0) is 25.1. The number of pyridine rings is 3. The first-order chi connectivity index (χ1) is 17.5. The molecule has 188 valence electrons. The lowest BCUT2D eigenvalue weighted by molar-refractivity contribution is -0.132. The van der Waals surface area contributed by atoms with Crippen LogP contribution in [0.2, 0.25) is 5.02 Å². The van der Waals surface area contributed by atoms with E-state index in [0.29, 0.717) is 28.7 Å². The first kappa shape index (κ1) is 24.3. The molecule has 9 nitrogen and oxygen atoms in total. The Morgan fingerprint density at radius 3 is 2.64 bits per heavy atom. The minimum atomic E-state index is -0.470. The van der Waals surface area contributed by atoms with Gasteiger partial charge in [-0.1, -0.05) is 11.6 Å². The molecule has 2 aliphatic heterocycles.